The van der Waals surface area contributed by atoms with E-state index < -0.39 is 109 Å². The van der Waals surface area contributed by atoms with Gasteiger partial charge in [0.15, 0.2) is 31.1 Å². The van der Waals surface area contributed by atoms with Gasteiger partial charge in [0.2, 0.25) is 5.91 Å². The quantitative estimate of drug-likeness (QED) is 0.0176. The number of hydrogen-bond acceptors (Lipinski definition) is 18. The molecule has 0 bridgehead atoms. The molecule has 1 N–H and O–H groups in total. The molecule has 19 nitrogen and oxygen atoms in total. The third-order valence-electron chi connectivity index (χ3n) is 15.4. The first kappa shape index (κ1) is 68.7. The molecular formula is C69H86ClNO18. The first-order valence-corrected chi connectivity index (χ1v) is 31.2. The monoisotopic (exact) mass is 1250 g/mol. The van der Waals surface area contributed by atoms with E-state index in [2.05, 4.69) is 5.32 Å². The number of benzene rings is 5. The van der Waals surface area contributed by atoms with Crippen molar-refractivity contribution in [2.75, 3.05) is 26.9 Å². The van der Waals surface area contributed by atoms with E-state index in [4.69, 9.17) is 77.9 Å². The molecule has 3 heterocycles. The number of ether oxygens (including phenoxy) is 14. The molecule has 5 aromatic carbocycles. The zero-order valence-corrected chi connectivity index (χ0v) is 52.2. The van der Waals surface area contributed by atoms with E-state index in [-0.39, 0.29) is 58.8 Å². The van der Waals surface area contributed by atoms with Crippen molar-refractivity contribution in [3.63, 3.8) is 0 Å². The average molecular weight is 1250 g/mol. The van der Waals surface area contributed by atoms with E-state index in [1.165, 1.54) is 27.9 Å². The average Bonchev–Trinajstić information content (AvgIpc) is 1.49. The Labute approximate surface area is 527 Å². The maximum atomic E-state index is 13.8. The van der Waals surface area contributed by atoms with E-state index in [1.54, 1.807) is 0 Å². The summed E-state index contributed by atoms with van der Waals surface area (Å²) in [5, 5.41) is 1.98. The molecule has 3 aliphatic rings. The molecule has 0 radical (unpaired) electrons. The molecule has 0 unspecified atom stereocenters. The number of hydrogen-bond donors (Lipinski definition) is 1. The van der Waals surface area contributed by atoms with E-state index in [0.717, 1.165) is 59.9 Å². The van der Waals surface area contributed by atoms with Gasteiger partial charge in [-0.1, -0.05) is 177 Å². The summed E-state index contributed by atoms with van der Waals surface area (Å²) in [5.41, 5.74) is 4.45. The predicted molar refractivity (Wildman–Crippen MR) is 327 cm³/mol. The van der Waals surface area contributed by atoms with Gasteiger partial charge in [0.05, 0.1) is 59.5 Å². The standard InChI is InChI=1S/C69H86ClNO18/c1-46-60(80-41-52-31-19-12-20-32-52)64(81-42-53-33-21-13-22-34-53)65(82-43-54-35-23-14-24-36-54)68(83-46)89-63-59(71-47(2)72)67(79-38-26-9-7-6-8-25-37-57(75)76-5)87-56(45-78-40-51-29-17-11-18-30-51)61(63)88-69-66(85-49(4)74)62(84-48(3)73)58(70)55(86-69)44-77-39-50-27-15-10-16-28-50/h10-24,27-36,46,55-56,58-69H,6-9,25-26,37-45H2,1-5H3,(H,71,72)/t46-,55+,56+,58-,59+,60+,61+,62-,63+,64+,65-,66+,67+,68-,69-/m0/s1. The Hall–Kier alpha value is -6.17. The Morgan fingerprint density at radius 2 is 0.876 bits per heavy atom. The minimum Gasteiger partial charge on any atom is -0.469 e. The van der Waals surface area contributed by atoms with Gasteiger partial charge in [0.25, 0.3) is 0 Å². The Balaban J connectivity index is 1.20. The number of amides is 1. The first-order chi connectivity index (χ1) is 43.3. The summed E-state index contributed by atoms with van der Waals surface area (Å²) < 4.78 is 92.6. The Morgan fingerprint density at radius 3 is 1.38 bits per heavy atom. The molecule has 0 aliphatic carbocycles. The summed E-state index contributed by atoms with van der Waals surface area (Å²) in [5.74, 6) is -2.14. The number of carbonyl (C=O) groups excluding carboxylic acids is 4. The van der Waals surface area contributed by atoms with Gasteiger partial charge in [0.1, 0.15) is 54.1 Å². The lowest BCUT2D eigenvalue weighted by atomic mass is 9.94. The van der Waals surface area contributed by atoms with Crippen molar-refractivity contribution in [1.82, 2.24) is 5.32 Å². The van der Waals surface area contributed by atoms with Gasteiger partial charge in [-0.05, 0) is 47.6 Å². The van der Waals surface area contributed by atoms with Crippen LogP contribution in [-0.4, -0.2) is 142 Å². The topological polar surface area (TPSA) is 210 Å². The van der Waals surface area contributed by atoms with Gasteiger partial charge in [-0.2, -0.15) is 0 Å². The molecule has 8 rings (SSSR count). The second-order valence-electron chi connectivity index (χ2n) is 22.4. The lowest BCUT2D eigenvalue weighted by Crippen LogP contribution is -2.70. The summed E-state index contributed by atoms with van der Waals surface area (Å²) in [4.78, 5) is 51.8. The largest absolute Gasteiger partial charge is 0.469 e. The highest BCUT2D eigenvalue weighted by Crippen LogP contribution is 2.39. The fraction of sp³-hybridized carbons (Fsp3) is 0.507. The number of carbonyl (C=O) groups is 4. The highest BCUT2D eigenvalue weighted by Gasteiger charge is 2.57. The summed E-state index contributed by atoms with van der Waals surface area (Å²) >= 11 is 7.21. The minimum absolute atomic E-state index is 0.0976. The van der Waals surface area contributed by atoms with Crippen LogP contribution in [0.4, 0.5) is 0 Å². The number of alkyl halides is 1. The number of rotatable bonds is 34. The van der Waals surface area contributed by atoms with Crippen LogP contribution in [0, 0.1) is 0 Å². The number of methoxy groups -OCH3 is 1. The van der Waals surface area contributed by atoms with Gasteiger partial charge < -0.3 is 71.6 Å². The van der Waals surface area contributed by atoms with Gasteiger partial charge in [-0.25, -0.2) is 0 Å². The van der Waals surface area contributed by atoms with Crippen LogP contribution in [0.1, 0.15) is 100 Å². The van der Waals surface area contributed by atoms with Crippen LogP contribution in [0.5, 0.6) is 0 Å². The Morgan fingerprint density at radius 1 is 0.449 bits per heavy atom. The van der Waals surface area contributed by atoms with Crippen molar-refractivity contribution in [2.24, 2.45) is 0 Å². The van der Waals surface area contributed by atoms with Crippen molar-refractivity contribution in [3.8, 4) is 0 Å². The van der Waals surface area contributed by atoms with Crippen LogP contribution < -0.4 is 5.32 Å². The van der Waals surface area contributed by atoms with Crippen molar-refractivity contribution >= 4 is 35.4 Å². The van der Waals surface area contributed by atoms with Crippen LogP contribution >= 0.6 is 11.6 Å². The SMILES string of the molecule is COC(=O)CCCCCCCCO[C@@H]1O[C@H](COCc2ccccc2)[C@@H](O[C@@H]2O[C@H](COCc3ccccc3)[C@H](Cl)[C@H](OC(C)=O)[C@H]2OC(C)=O)[C@H](O[C@@H]2O[C@@H](C)[C@@H](OCc3ccccc3)[C@@H](OCc3ccccc3)[C@@H]2OCc2ccccc2)[C@H]1NC(C)=O. The molecule has 3 fully saturated rings. The smallest absolute Gasteiger partial charge is 0.305 e. The number of esters is 3. The maximum absolute atomic E-state index is 13.8. The van der Waals surface area contributed by atoms with Crippen LogP contribution in [0.2, 0.25) is 0 Å². The molecule has 1 amide bonds. The van der Waals surface area contributed by atoms with E-state index in [9.17, 15) is 19.2 Å². The third-order valence-corrected chi connectivity index (χ3v) is 16.0. The lowest BCUT2D eigenvalue weighted by Gasteiger charge is -2.51. The number of halogens is 1. The van der Waals surface area contributed by atoms with E-state index in [1.807, 2.05) is 159 Å². The first-order valence-electron chi connectivity index (χ1n) is 30.7. The van der Waals surface area contributed by atoms with E-state index >= 15 is 0 Å². The van der Waals surface area contributed by atoms with Gasteiger partial charge in [-0.3, -0.25) is 19.2 Å². The molecule has 20 heteroatoms. The van der Waals surface area contributed by atoms with E-state index in [0.29, 0.717) is 12.8 Å². The van der Waals surface area contributed by atoms with Crippen molar-refractivity contribution in [3.05, 3.63) is 179 Å². The molecule has 3 saturated heterocycles. The van der Waals surface area contributed by atoms with Gasteiger partial charge >= 0.3 is 17.9 Å². The Kier molecular flexibility index (Phi) is 28.3. The van der Waals surface area contributed by atoms with Gasteiger partial charge in [-0.15, -0.1) is 11.6 Å². The third kappa shape index (κ3) is 21.8. The minimum atomic E-state index is -1.57. The fourth-order valence-corrected chi connectivity index (χ4v) is 11.4. The highest BCUT2D eigenvalue weighted by atomic mass is 35.5. The van der Waals surface area contributed by atoms with Crippen molar-refractivity contribution in [1.29, 1.82) is 0 Å². The molecule has 0 spiro atoms. The summed E-state index contributed by atoms with van der Waals surface area (Å²) in [6.45, 7) is 6.47. The van der Waals surface area contributed by atoms with Crippen molar-refractivity contribution < 1.29 is 85.5 Å². The summed E-state index contributed by atoms with van der Waals surface area (Å²) in [6.07, 6.45) is -9.85. The van der Waals surface area contributed by atoms with Crippen LogP contribution in [0.3, 0.4) is 0 Å². The summed E-state index contributed by atoms with van der Waals surface area (Å²) in [6, 6.07) is 47.2. The molecule has 5 aromatic rings. The van der Waals surface area contributed by atoms with Crippen LogP contribution in [0.15, 0.2) is 152 Å². The van der Waals surface area contributed by atoms with Gasteiger partial charge in [0, 0.05) is 33.8 Å². The second kappa shape index (κ2) is 36.6. The zero-order valence-electron chi connectivity index (χ0n) is 51.4. The van der Waals surface area contributed by atoms with Crippen molar-refractivity contribution in [2.45, 2.75) is 197 Å². The molecule has 482 valence electrons. The fourth-order valence-electron chi connectivity index (χ4n) is 11.0. The second-order valence-corrected chi connectivity index (χ2v) is 22.9. The maximum Gasteiger partial charge on any atom is 0.305 e. The lowest BCUT2D eigenvalue weighted by molar-refractivity contribution is -0.375. The number of nitrogens with one attached hydrogen (secondary N) is 1. The normalized spacial score (nSPS) is 26.8. The Bertz CT molecular complexity index is 2850. The highest BCUT2D eigenvalue weighted by molar-refractivity contribution is 6.21. The molecule has 3 aliphatic heterocycles. The summed E-state index contributed by atoms with van der Waals surface area (Å²) in [7, 11) is 1.39. The van der Waals surface area contributed by atoms with Crippen LogP contribution in [-0.2, 0) is 119 Å². The number of unbranched alkanes of at least 4 members (excludes halogenated alkanes) is 5. The molecule has 89 heavy (non-hydrogen) atoms. The molecule has 0 saturated carbocycles. The predicted octanol–water partition coefficient (Wildman–Crippen LogP) is 10.0. The zero-order chi connectivity index (χ0) is 62.7. The molecular weight excluding hydrogens is 1170 g/mol. The molecule has 0 aromatic heterocycles. The molecule has 15 atom stereocenters. The van der Waals surface area contributed by atoms with Crippen LogP contribution in [0.25, 0.3) is 0 Å².